The van der Waals surface area contributed by atoms with E-state index in [1.165, 1.54) is 18.4 Å². The normalized spacial score (nSPS) is 21.1. The lowest BCUT2D eigenvalue weighted by Crippen LogP contribution is -2.50. The first-order chi connectivity index (χ1) is 10.7. The van der Waals surface area contributed by atoms with Gasteiger partial charge in [-0.15, -0.1) is 0 Å². The van der Waals surface area contributed by atoms with E-state index >= 15 is 0 Å². The van der Waals surface area contributed by atoms with Crippen LogP contribution in [0.4, 0.5) is 4.79 Å². The van der Waals surface area contributed by atoms with Crippen molar-refractivity contribution in [1.29, 1.82) is 0 Å². The van der Waals surface area contributed by atoms with E-state index in [-0.39, 0.29) is 12.1 Å². The molecule has 22 heavy (non-hydrogen) atoms. The monoisotopic (exact) mass is 302 g/mol. The molecule has 4 nitrogen and oxygen atoms in total. The van der Waals surface area contributed by atoms with E-state index in [2.05, 4.69) is 29.2 Å². The fourth-order valence-corrected chi connectivity index (χ4v) is 3.99. The van der Waals surface area contributed by atoms with Gasteiger partial charge in [-0.2, -0.15) is 0 Å². The number of piperidine rings is 1. The van der Waals surface area contributed by atoms with Crippen molar-refractivity contribution in [3.63, 3.8) is 0 Å². The highest BCUT2D eigenvalue weighted by atomic mass is 16.4. The third-order valence-corrected chi connectivity index (χ3v) is 5.14. The summed E-state index contributed by atoms with van der Waals surface area (Å²) in [6, 6.07) is 11.0. The van der Waals surface area contributed by atoms with Crippen LogP contribution in [0.2, 0.25) is 0 Å². The van der Waals surface area contributed by atoms with Crippen LogP contribution in [0, 0.1) is 0 Å². The summed E-state index contributed by atoms with van der Waals surface area (Å²) < 4.78 is 0. The molecule has 0 aromatic heterocycles. The highest BCUT2D eigenvalue weighted by molar-refractivity contribution is 5.66. The minimum absolute atomic E-state index is 0.215. The Balaban J connectivity index is 1.54. The molecule has 120 valence electrons. The molecule has 1 amide bonds. The molecule has 2 aliphatic rings. The SMILES string of the molecule is O=C(O)N(C1CCCC1)C1CCN(Cc2ccccc2)CC1. The number of nitrogens with zero attached hydrogens (tertiary/aromatic N) is 2. The van der Waals surface area contributed by atoms with E-state index in [9.17, 15) is 9.90 Å². The summed E-state index contributed by atoms with van der Waals surface area (Å²) in [5, 5.41) is 9.60. The van der Waals surface area contributed by atoms with Crippen molar-refractivity contribution in [2.24, 2.45) is 0 Å². The summed E-state index contributed by atoms with van der Waals surface area (Å²) in [7, 11) is 0. The maximum atomic E-state index is 11.7. The van der Waals surface area contributed by atoms with Crippen LogP contribution in [0.1, 0.15) is 44.1 Å². The molecule has 0 atom stereocenters. The first-order valence-corrected chi connectivity index (χ1v) is 8.51. The van der Waals surface area contributed by atoms with E-state index in [0.29, 0.717) is 0 Å². The molecule has 1 saturated heterocycles. The number of hydrogen-bond acceptors (Lipinski definition) is 2. The van der Waals surface area contributed by atoms with Crippen molar-refractivity contribution in [3.8, 4) is 0 Å². The fourth-order valence-electron chi connectivity index (χ4n) is 3.99. The zero-order valence-electron chi connectivity index (χ0n) is 13.2. The molecule has 1 saturated carbocycles. The Morgan fingerprint density at radius 2 is 1.64 bits per heavy atom. The van der Waals surface area contributed by atoms with E-state index in [1.807, 2.05) is 6.07 Å². The van der Waals surface area contributed by atoms with Gasteiger partial charge in [-0.3, -0.25) is 4.90 Å². The second-order valence-electron chi connectivity index (χ2n) is 6.62. The Kier molecular flexibility index (Phi) is 4.98. The van der Waals surface area contributed by atoms with Crippen LogP contribution in [0.3, 0.4) is 0 Å². The Morgan fingerprint density at radius 1 is 1.05 bits per heavy atom. The molecule has 2 fully saturated rings. The van der Waals surface area contributed by atoms with E-state index in [0.717, 1.165) is 45.3 Å². The van der Waals surface area contributed by atoms with Crippen LogP contribution in [0.5, 0.6) is 0 Å². The third-order valence-electron chi connectivity index (χ3n) is 5.14. The molecule has 1 aromatic rings. The van der Waals surface area contributed by atoms with Crippen molar-refractivity contribution in [3.05, 3.63) is 35.9 Å². The molecule has 1 aliphatic heterocycles. The predicted molar refractivity (Wildman–Crippen MR) is 86.9 cm³/mol. The smallest absolute Gasteiger partial charge is 0.407 e. The summed E-state index contributed by atoms with van der Waals surface area (Å²) in [6.45, 7) is 2.97. The van der Waals surface area contributed by atoms with Crippen LogP contribution in [0.15, 0.2) is 30.3 Å². The Bertz CT molecular complexity index is 477. The molecular weight excluding hydrogens is 276 g/mol. The minimum Gasteiger partial charge on any atom is -0.465 e. The lowest BCUT2D eigenvalue weighted by molar-refractivity contribution is 0.0657. The first kappa shape index (κ1) is 15.3. The van der Waals surface area contributed by atoms with Crippen LogP contribution in [-0.2, 0) is 6.54 Å². The van der Waals surface area contributed by atoms with Crippen LogP contribution >= 0.6 is 0 Å². The van der Waals surface area contributed by atoms with E-state index < -0.39 is 6.09 Å². The lowest BCUT2D eigenvalue weighted by Gasteiger charge is -2.40. The topological polar surface area (TPSA) is 43.8 Å². The molecule has 4 heteroatoms. The first-order valence-electron chi connectivity index (χ1n) is 8.51. The van der Waals surface area contributed by atoms with Gasteiger partial charge in [0.25, 0.3) is 0 Å². The molecule has 0 bridgehead atoms. The van der Waals surface area contributed by atoms with Crippen molar-refractivity contribution in [2.75, 3.05) is 13.1 Å². The fraction of sp³-hybridized carbons (Fsp3) is 0.611. The molecule has 3 rings (SSSR count). The highest BCUT2D eigenvalue weighted by Crippen LogP contribution is 2.29. The largest absolute Gasteiger partial charge is 0.465 e. The van der Waals surface area contributed by atoms with Gasteiger partial charge in [0.15, 0.2) is 0 Å². The standard InChI is InChI=1S/C18H26N2O2/c21-18(22)20(16-8-4-5-9-16)17-10-12-19(13-11-17)14-15-6-2-1-3-7-15/h1-3,6-7,16-17H,4-5,8-14H2,(H,21,22). The molecule has 0 spiro atoms. The summed E-state index contributed by atoms with van der Waals surface area (Å²) in [5.41, 5.74) is 1.34. The summed E-state index contributed by atoms with van der Waals surface area (Å²) in [6.07, 6.45) is 5.69. The third kappa shape index (κ3) is 3.61. The maximum Gasteiger partial charge on any atom is 0.407 e. The van der Waals surface area contributed by atoms with Gasteiger partial charge in [-0.25, -0.2) is 4.79 Å². The number of amides is 1. The zero-order valence-corrected chi connectivity index (χ0v) is 13.2. The van der Waals surface area contributed by atoms with Crippen molar-refractivity contribution >= 4 is 6.09 Å². The highest BCUT2D eigenvalue weighted by Gasteiger charge is 2.34. The van der Waals surface area contributed by atoms with Gasteiger partial charge in [0.1, 0.15) is 0 Å². The average Bonchev–Trinajstić information content (AvgIpc) is 3.04. The van der Waals surface area contributed by atoms with Crippen molar-refractivity contribution in [2.45, 2.75) is 57.2 Å². The number of likely N-dealkylation sites (tertiary alicyclic amines) is 1. The van der Waals surface area contributed by atoms with Gasteiger partial charge in [0, 0.05) is 31.7 Å². The van der Waals surface area contributed by atoms with Gasteiger partial charge in [-0.05, 0) is 31.2 Å². The summed E-state index contributed by atoms with van der Waals surface area (Å²) in [5.74, 6) is 0. The number of rotatable bonds is 4. The zero-order chi connectivity index (χ0) is 15.4. The number of carboxylic acid groups (broad SMARTS) is 1. The van der Waals surface area contributed by atoms with Crippen LogP contribution in [-0.4, -0.2) is 46.2 Å². The molecule has 0 radical (unpaired) electrons. The molecular formula is C18H26N2O2. The number of carbonyl (C=O) groups is 1. The summed E-state index contributed by atoms with van der Waals surface area (Å²) >= 11 is 0. The predicted octanol–water partition coefficient (Wildman–Crippen LogP) is 3.57. The molecule has 1 aliphatic carbocycles. The molecule has 1 aromatic carbocycles. The second kappa shape index (κ2) is 7.14. The molecule has 1 N–H and O–H groups in total. The Morgan fingerprint density at radius 3 is 2.23 bits per heavy atom. The van der Waals surface area contributed by atoms with Gasteiger partial charge >= 0.3 is 6.09 Å². The van der Waals surface area contributed by atoms with Gasteiger partial charge < -0.3 is 10.0 Å². The van der Waals surface area contributed by atoms with E-state index in [1.54, 1.807) is 4.90 Å². The quantitative estimate of drug-likeness (QED) is 0.924. The van der Waals surface area contributed by atoms with Crippen molar-refractivity contribution < 1.29 is 9.90 Å². The Labute approximate surface area is 132 Å². The number of benzene rings is 1. The van der Waals surface area contributed by atoms with Gasteiger partial charge in [-0.1, -0.05) is 43.2 Å². The number of hydrogen-bond donors (Lipinski definition) is 1. The second-order valence-corrected chi connectivity index (χ2v) is 6.62. The maximum absolute atomic E-state index is 11.7. The average molecular weight is 302 g/mol. The Hall–Kier alpha value is -1.55. The molecule has 1 heterocycles. The van der Waals surface area contributed by atoms with Gasteiger partial charge in [0.2, 0.25) is 0 Å². The lowest BCUT2D eigenvalue weighted by atomic mass is 10.0. The molecule has 0 unspecified atom stereocenters. The van der Waals surface area contributed by atoms with Crippen LogP contribution in [0.25, 0.3) is 0 Å². The minimum atomic E-state index is -0.714. The van der Waals surface area contributed by atoms with E-state index in [4.69, 9.17) is 0 Å². The van der Waals surface area contributed by atoms with Gasteiger partial charge in [0.05, 0.1) is 0 Å². The van der Waals surface area contributed by atoms with Crippen molar-refractivity contribution in [1.82, 2.24) is 9.80 Å². The van der Waals surface area contributed by atoms with Crippen LogP contribution < -0.4 is 0 Å². The summed E-state index contributed by atoms with van der Waals surface area (Å²) in [4.78, 5) is 15.9.